The number of nitrogens with one attached hydrogen (secondary N) is 1. The summed E-state index contributed by atoms with van der Waals surface area (Å²) in [4.78, 5) is 3.95. The zero-order valence-electron chi connectivity index (χ0n) is 8.03. The van der Waals surface area contributed by atoms with Crippen LogP contribution in [0, 0.1) is 0 Å². The van der Waals surface area contributed by atoms with Crippen LogP contribution in [-0.2, 0) is 0 Å². The second kappa shape index (κ2) is 4.41. The van der Waals surface area contributed by atoms with E-state index in [0.29, 0.717) is 11.2 Å². The first-order valence-electron chi connectivity index (χ1n) is 4.70. The van der Waals surface area contributed by atoms with Crippen LogP contribution in [0.4, 0.5) is 5.69 Å². The van der Waals surface area contributed by atoms with Crippen LogP contribution >= 0.6 is 23.4 Å². The Labute approximate surface area is 93.4 Å². The van der Waals surface area contributed by atoms with E-state index >= 15 is 0 Å². The van der Waals surface area contributed by atoms with Gasteiger partial charge in [-0.25, -0.2) is 4.98 Å². The fraction of sp³-hybridized carbons (Fsp3) is 0.500. The molecule has 1 N–H and O–H groups in total. The van der Waals surface area contributed by atoms with Crippen molar-refractivity contribution in [2.24, 2.45) is 0 Å². The molecule has 0 spiro atoms. The molecule has 0 bridgehead atoms. The molecule has 76 valence electrons. The highest BCUT2D eigenvalue weighted by atomic mass is 35.5. The molecular formula is C10H13ClN2S. The lowest BCUT2D eigenvalue weighted by molar-refractivity contribution is 0.463. The Morgan fingerprint density at radius 2 is 2.43 bits per heavy atom. The maximum atomic E-state index is 5.80. The predicted octanol–water partition coefficient (Wildman–Crippen LogP) is 3.04. The Bertz CT molecular complexity index is 317. The van der Waals surface area contributed by atoms with Gasteiger partial charge in [0.05, 0.1) is 0 Å². The molecule has 0 amide bonds. The predicted molar refractivity (Wildman–Crippen MR) is 63.2 cm³/mol. The summed E-state index contributed by atoms with van der Waals surface area (Å²) in [5.41, 5.74) is 1.08. The second-order valence-corrected chi connectivity index (χ2v) is 4.93. The molecular weight excluding hydrogens is 216 g/mol. The van der Waals surface area contributed by atoms with E-state index in [1.54, 1.807) is 6.20 Å². The number of hydrogen-bond donors (Lipinski definition) is 1. The second-order valence-electron chi connectivity index (χ2n) is 3.47. The van der Waals surface area contributed by atoms with Crippen molar-refractivity contribution in [3.8, 4) is 0 Å². The average Bonchev–Trinajstić information content (AvgIpc) is 2.14. The lowest BCUT2D eigenvalue weighted by atomic mass is 9.92. The number of anilines is 1. The van der Waals surface area contributed by atoms with E-state index in [-0.39, 0.29) is 0 Å². The van der Waals surface area contributed by atoms with Crippen LogP contribution in [0.3, 0.4) is 0 Å². The molecule has 2 nitrogen and oxygen atoms in total. The Morgan fingerprint density at radius 1 is 1.57 bits per heavy atom. The summed E-state index contributed by atoms with van der Waals surface area (Å²) < 4.78 is 0. The number of halogens is 1. The summed E-state index contributed by atoms with van der Waals surface area (Å²) in [6.07, 6.45) is 6.47. The summed E-state index contributed by atoms with van der Waals surface area (Å²) >= 11 is 7.74. The lowest BCUT2D eigenvalue weighted by Crippen LogP contribution is -2.40. The van der Waals surface area contributed by atoms with Gasteiger partial charge in [0.1, 0.15) is 5.15 Å². The molecule has 1 aromatic rings. The van der Waals surface area contributed by atoms with Gasteiger partial charge in [0.2, 0.25) is 0 Å². The molecule has 2 atom stereocenters. The molecule has 0 radical (unpaired) electrons. The van der Waals surface area contributed by atoms with Gasteiger partial charge in [0.25, 0.3) is 0 Å². The standard InChI is InChI=1S/C10H13ClN2S/c1-14-9-3-2-8(9)13-7-4-5-12-10(11)6-7/h4-6,8-9H,2-3H2,1H3,(H,12,13). The van der Waals surface area contributed by atoms with Crippen molar-refractivity contribution in [2.45, 2.75) is 24.1 Å². The summed E-state index contributed by atoms with van der Waals surface area (Å²) in [5, 5.41) is 4.78. The van der Waals surface area contributed by atoms with Crippen LogP contribution in [0.2, 0.25) is 5.15 Å². The monoisotopic (exact) mass is 228 g/mol. The Kier molecular flexibility index (Phi) is 3.19. The fourth-order valence-electron chi connectivity index (χ4n) is 1.62. The molecule has 1 fully saturated rings. The Hall–Kier alpha value is -0.410. The number of rotatable bonds is 3. The molecule has 1 saturated carbocycles. The highest BCUT2D eigenvalue weighted by Crippen LogP contribution is 2.32. The van der Waals surface area contributed by atoms with Gasteiger partial charge in [0, 0.05) is 23.2 Å². The van der Waals surface area contributed by atoms with Crippen LogP contribution in [0.25, 0.3) is 0 Å². The molecule has 0 saturated heterocycles. The van der Waals surface area contributed by atoms with Gasteiger partial charge in [-0.05, 0) is 31.2 Å². The molecule has 14 heavy (non-hydrogen) atoms. The van der Waals surface area contributed by atoms with Crippen molar-refractivity contribution >= 4 is 29.1 Å². The van der Waals surface area contributed by atoms with Gasteiger partial charge < -0.3 is 5.32 Å². The first-order chi connectivity index (χ1) is 6.79. The van der Waals surface area contributed by atoms with Gasteiger partial charge >= 0.3 is 0 Å². The quantitative estimate of drug-likeness (QED) is 0.806. The number of nitrogens with zero attached hydrogens (tertiary/aromatic N) is 1. The summed E-state index contributed by atoms with van der Waals surface area (Å²) in [6.45, 7) is 0. The molecule has 0 aromatic carbocycles. The fourth-order valence-corrected chi connectivity index (χ4v) is 2.70. The zero-order valence-corrected chi connectivity index (χ0v) is 9.61. The van der Waals surface area contributed by atoms with E-state index in [4.69, 9.17) is 11.6 Å². The largest absolute Gasteiger partial charge is 0.381 e. The molecule has 1 aliphatic rings. The normalized spacial score (nSPS) is 25.6. The van der Waals surface area contributed by atoms with E-state index in [9.17, 15) is 0 Å². The Balaban J connectivity index is 1.97. The first kappa shape index (κ1) is 10.1. The molecule has 1 heterocycles. The van der Waals surface area contributed by atoms with E-state index in [2.05, 4.69) is 16.6 Å². The Morgan fingerprint density at radius 3 is 3.00 bits per heavy atom. The van der Waals surface area contributed by atoms with Crippen molar-refractivity contribution in [1.29, 1.82) is 0 Å². The van der Waals surface area contributed by atoms with Crippen molar-refractivity contribution < 1.29 is 0 Å². The molecule has 2 unspecified atom stereocenters. The van der Waals surface area contributed by atoms with Crippen LogP contribution in [0.1, 0.15) is 12.8 Å². The highest BCUT2D eigenvalue weighted by Gasteiger charge is 2.29. The third kappa shape index (κ3) is 2.15. The minimum atomic E-state index is 0.551. The zero-order chi connectivity index (χ0) is 9.97. The van der Waals surface area contributed by atoms with Crippen molar-refractivity contribution in [1.82, 2.24) is 4.98 Å². The third-order valence-corrected chi connectivity index (χ3v) is 3.97. The van der Waals surface area contributed by atoms with Gasteiger partial charge in [-0.3, -0.25) is 0 Å². The van der Waals surface area contributed by atoms with Crippen molar-refractivity contribution in [3.63, 3.8) is 0 Å². The van der Waals surface area contributed by atoms with Gasteiger partial charge in [0.15, 0.2) is 0 Å². The molecule has 4 heteroatoms. The van der Waals surface area contributed by atoms with Crippen LogP contribution in [0.5, 0.6) is 0 Å². The third-order valence-electron chi connectivity index (χ3n) is 2.59. The minimum absolute atomic E-state index is 0.551. The summed E-state index contributed by atoms with van der Waals surface area (Å²) in [6, 6.07) is 4.43. The molecule has 2 rings (SSSR count). The maximum Gasteiger partial charge on any atom is 0.131 e. The number of pyridine rings is 1. The maximum absolute atomic E-state index is 5.80. The van der Waals surface area contributed by atoms with Crippen molar-refractivity contribution in [2.75, 3.05) is 11.6 Å². The average molecular weight is 229 g/mol. The topological polar surface area (TPSA) is 24.9 Å². The van der Waals surface area contributed by atoms with E-state index < -0.39 is 0 Å². The van der Waals surface area contributed by atoms with Crippen molar-refractivity contribution in [3.05, 3.63) is 23.5 Å². The number of hydrogen-bond acceptors (Lipinski definition) is 3. The summed E-state index contributed by atoms with van der Waals surface area (Å²) in [5.74, 6) is 0. The lowest BCUT2D eigenvalue weighted by Gasteiger charge is -2.36. The number of thioether (sulfide) groups is 1. The van der Waals surface area contributed by atoms with Gasteiger partial charge in [-0.15, -0.1) is 0 Å². The van der Waals surface area contributed by atoms with Crippen LogP contribution in [0.15, 0.2) is 18.3 Å². The van der Waals surface area contributed by atoms with E-state index in [1.807, 2.05) is 23.9 Å². The highest BCUT2D eigenvalue weighted by molar-refractivity contribution is 7.99. The van der Waals surface area contributed by atoms with E-state index in [0.717, 1.165) is 10.9 Å². The minimum Gasteiger partial charge on any atom is -0.381 e. The SMILES string of the molecule is CSC1CCC1Nc1ccnc(Cl)c1. The summed E-state index contributed by atoms with van der Waals surface area (Å²) in [7, 11) is 0. The molecule has 1 aromatic heterocycles. The number of aromatic nitrogens is 1. The van der Waals surface area contributed by atoms with Crippen LogP contribution in [-0.4, -0.2) is 22.5 Å². The smallest absolute Gasteiger partial charge is 0.131 e. The van der Waals surface area contributed by atoms with E-state index in [1.165, 1.54) is 12.8 Å². The molecule has 1 aliphatic carbocycles. The van der Waals surface area contributed by atoms with Gasteiger partial charge in [-0.2, -0.15) is 11.8 Å². The first-order valence-corrected chi connectivity index (χ1v) is 6.37. The van der Waals surface area contributed by atoms with Gasteiger partial charge in [-0.1, -0.05) is 11.6 Å². The van der Waals surface area contributed by atoms with Crippen LogP contribution < -0.4 is 5.32 Å². The molecule has 0 aliphatic heterocycles.